The third-order valence-electron chi connectivity index (χ3n) is 5.53. The number of likely N-dealkylation sites (N-methyl/N-ethyl adjacent to an activating group) is 1. The van der Waals surface area contributed by atoms with Gasteiger partial charge in [-0.15, -0.1) is 11.3 Å². The van der Waals surface area contributed by atoms with Gasteiger partial charge in [-0.1, -0.05) is 12.1 Å². The summed E-state index contributed by atoms with van der Waals surface area (Å²) in [7, 11) is 0. The van der Waals surface area contributed by atoms with Gasteiger partial charge in [0, 0.05) is 25.3 Å². The lowest BCUT2D eigenvalue weighted by Gasteiger charge is -2.26. The van der Waals surface area contributed by atoms with Crippen LogP contribution in [0.2, 0.25) is 0 Å². The topological polar surface area (TPSA) is 48.7 Å². The fourth-order valence-electron chi connectivity index (χ4n) is 4.08. The lowest BCUT2D eigenvalue weighted by molar-refractivity contribution is -0.119. The summed E-state index contributed by atoms with van der Waals surface area (Å²) in [5.41, 5.74) is 3.89. The Balaban J connectivity index is 1.65. The summed E-state index contributed by atoms with van der Waals surface area (Å²) in [6, 6.07) is 12.1. The highest BCUT2D eigenvalue weighted by molar-refractivity contribution is 7.17. The molecule has 1 aliphatic rings. The smallest absolute Gasteiger partial charge is 0.246 e. The largest absolute Gasteiger partial charge is 0.373 e. The minimum absolute atomic E-state index is 0.0340. The first kappa shape index (κ1) is 19.2. The van der Waals surface area contributed by atoms with E-state index in [1.54, 1.807) is 11.3 Å². The van der Waals surface area contributed by atoms with Crippen molar-refractivity contribution in [2.75, 3.05) is 24.5 Å². The number of hydrogen-bond donors (Lipinski definition) is 1. The normalized spacial score (nSPS) is 16.0. The number of hydrogen-bond acceptors (Lipinski definition) is 4. The maximum atomic E-state index is 13.2. The molecule has 0 radical (unpaired) electrons. The van der Waals surface area contributed by atoms with Gasteiger partial charge in [0.1, 0.15) is 12.8 Å². The monoisotopic (exact) mass is 397 g/mol. The number of aryl methyl sites for hydroxylation is 1. The number of aromatic nitrogens is 1. The summed E-state index contributed by atoms with van der Waals surface area (Å²) in [6.07, 6.45) is 1.56. The zero-order valence-corrected chi connectivity index (χ0v) is 17.3. The maximum Gasteiger partial charge on any atom is 0.246 e. The van der Waals surface area contributed by atoms with Gasteiger partial charge in [-0.3, -0.25) is 9.69 Å². The van der Waals surface area contributed by atoms with Gasteiger partial charge in [0.2, 0.25) is 5.91 Å². The minimum atomic E-state index is -0.663. The third-order valence-corrected chi connectivity index (χ3v) is 6.38. The first-order valence-corrected chi connectivity index (χ1v) is 10.8. The van der Waals surface area contributed by atoms with Crippen molar-refractivity contribution >= 4 is 33.1 Å². The van der Waals surface area contributed by atoms with E-state index in [0.717, 1.165) is 53.1 Å². The molecule has 4 rings (SSSR count). The van der Waals surface area contributed by atoms with E-state index < -0.39 is 6.23 Å². The van der Waals surface area contributed by atoms with Gasteiger partial charge in [0.05, 0.1) is 15.9 Å². The molecular formula is C22H27N3O2S. The number of anilines is 1. The molecule has 5 nitrogen and oxygen atoms in total. The quantitative estimate of drug-likeness (QED) is 0.680. The molecule has 0 spiro atoms. The van der Waals surface area contributed by atoms with Gasteiger partial charge in [0.25, 0.3) is 0 Å². The number of fused-ring (bicyclic) bond motifs is 1. The van der Waals surface area contributed by atoms with Crippen LogP contribution >= 0.6 is 11.3 Å². The predicted molar refractivity (Wildman–Crippen MR) is 115 cm³/mol. The van der Waals surface area contributed by atoms with Gasteiger partial charge in [-0.25, -0.2) is 0 Å². The first-order valence-electron chi connectivity index (χ1n) is 9.94. The second-order valence-electron chi connectivity index (χ2n) is 7.42. The Morgan fingerprint density at radius 1 is 1.25 bits per heavy atom. The van der Waals surface area contributed by atoms with E-state index in [0.29, 0.717) is 6.54 Å². The van der Waals surface area contributed by atoms with E-state index in [2.05, 4.69) is 4.90 Å². The molecule has 1 unspecified atom stereocenters. The molecule has 1 fully saturated rings. The fraction of sp³-hybridized carbons (Fsp3) is 0.409. The lowest BCUT2D eigenvalue weighted by atomic mass is 10.2. The highest BCUT2D eigenvalue weighted by atomic mass is 32.1. The zero-order valence-electron chi connectivity index (χ0n) is 16.5. The van der Waals surface area contributed by atoms with Crippen molar-refractivity contribution in [1.82, 2.24) is 9.47 Å². The maximum absolute atomic E-state index is 13.2. The van der Waals surface area contributed by atoms with Crippen molar-refractivity contribution in [2.45, 2.75) is 39.5 Å². The van der Waals surface area contributed by atoms with Gasteiger partial charge >= 0.3 is 0 Å². The molecule has 1 N–H and O–H groups in total. The number of thiophene rings is 1. The second-order valence-corrected chi connectivity index (χ2v) is 8.37. The van der Waals surface area contributed by atoms with Gasteiger partial charge in [0.15, 0.2) is 0 Å². The molecule has 1 aromatic carbocycles. The van der Waals surface area contributed by atoms with E-state index in [4.69, 9.17) is 0 Å². The van der Waals surface area contributed by atoms with E-state index in [-0.39, 0.29) is 12.5 Å². The fourth-order valence-corrected chi connectivity index (χ4v) is 4.91. The van der Waals surface area contributed by atoms with Crippen molar-refractivity contribution < 1.29 is 9.90 Å². The molecule has 3 heterocycles. The highest BCUT2D eigenvalue weighted by Crippen LogP contribution is 2.32. The molecular weight excluding hydrogens is 370 g/mol. The van der Waals surface area contributed by atoms with Crippen molar-refractivity contribution in [1.29, 1.82) is 0 Å². The molecule has 1 aliphatic heterocycles. The SMILES string of the molecule is CCN(C(=O)Cn1c(C(O)N2CCCC2)cc2sccc21)c1cccc(C)c1. The number of aliphatic hydroxyl groups excluding tert-OH is 1. The number of nitrogens with zero attached hydrogens (tertiary/aromatic N) is 3. The first-order chi connectivity index (χ1) is 13.6. The van der Waals surface area contributed by atoms with Crippen LogP contribution in [0.1, 0.15) is 37.3 Å². The van der Waals surface area contributed by atoms with Crippen LogP contribution in [-0.2, 0) is 11.3 Å². The van der Waals surface area contributed by atoms with Crippen LogP contribution in [0.4, 0.5) is 5.69 Å². The molecule has 6 heteroatoms. The average molecular weight is 398 g/mol. The van der Waals surface area contributed by atoms with E-state index in [9.17, 15) is 9.90 Å². The molecule has 0 aliphatic carbocycles. The van der Waals surface area contributed by atoms with Gasteiger partial charge in [-0.05, 0) is 61.9 Å². The Labute approximate surface area is 169 Å². The van der Waals surface area contributed by atoms with Gasteiger partial charge < -0.3 is 14.6 Å². The Morgan fingerprint density at radius 2 is 2.04 bits per heavy atom. The van der Waals surface area contributed by atoms with Crippen LogP contribution in [0.5, 0.6) is 0 Å². The van der Waals surface area contributed by atoms with Crippen molar-refractivity contribution in [3.8, 4) is 0 Å². The van der Waals surface area contributed by atoms with Crippen LogP contribution in [-0.4, -0.2) is 40.1 Å². The summed E-state index contributed by atoms with van der Waals surface area (Å²) in [5, 5.41) is 13.0. The summed E-state index contributed by atoms with van der Waals surface area (Å²) < 4.78 is 3.11. The molecule has 1 amide bonds. The van der Waals surface area contributed by atoms with Crippen LogP contribution in [0.15, 0.2) is 41.8 Å². The molecule has 1 saturated heterocycles. The summed E-state index contributed by atoms with van der Waals surface area (Å²) in [4.78, 5) is 17.1. The molecule has 1 atom stereocenters. The number of carbonyl (C=O) groups excluding carboxylic acids is 1. The van der Waals surface area contributed by atoms with Crippen molar-refractivity contribution in [3.05, 3.63) is 53.0 Å². The lowest BCUT2D eigenvalue weighted by Crippen LogP contribution is -2.35. The van der Waals surface area contributed by atoms with E-state index >= 15 is 0 Å². The Bertz CT molecular complexity index is 971. The molecule has 148 valence electrons. The summed E-state index contributed by atoms with van der Waals surface area (Å²) in [6.45, 7) is 6.67. The molecule has 28 heavy (non-hydrogen) atoms. The number of rotatable bonds is 6. The highest BCUT2D eigenvalue weighted by Gasteiger charge is 2.27. The Morgan fingerprint density at radius 3 is 2.75 bits per heavy atom. The molecule has 3 aromatic rings. The summed E-state index contributed by atoms with van der Waals surface area (Å²) >= 11 is 1.65. The zero-order chi connectivity index (χ0) is 19.7. The number of amides is 1. The Hall–Kier alpha value is -2.15. The number of aliphatic hydroxyl groups is 1. The van der Waals surface area contributed by atoms with Crippen molar-refractivity contribution in [3.63, 3.8) is 0 Å². The molecule has 0 saturated carbocycles. The standard InChI is InChI=1S/C22H27N3O2S/c1-3-24(17-8-6-7-16(2)13-17)21(26)15-25-18-9-12-28-20(18)14-19(25)22(27)23-10-4-5-11-23/h6-9,12-14,22,27H,3-5,10-11,15H2,1-2H3. The van der Waals surface area contributed by atoms with Crippen LogP contribution in [0.3, 0.4) is 0 Å². The van der Waals surface area contributed by atoms with Crippen LogP contribution < -0.4 is 4.90 Å². The van der Waals surface area contributed by atoms with Crippen molar-refractivity contribution in [2.24, 2.45) is 0 Å². The summed E-state index contributed by atoms with van der Waals surface area (Å²) in [5.74, 6) is 0.0340. The van der Waals surface area contributed by atoms with E-state index in [1.165, 1.54) is 0 Å². The molecule has 2 aromatic heterocycles. The van der Waals surface area contributed by atoms with Crippen LogP contribution in [0, 0.1) is 6.92 Å². The third kappa shape index (κ3) is 3.60. The minimum Gasteiger partial charge on any atom is -0.373 e. The molecule has 0 bridgehead atoms. The second kappa shape index (κ2) is 8.07. The van der Waals surface area contributed by atoms with Gasteiger partial charge in [-0.2, -0.15) is 0 Å². The number of carbonyl (C=O) groups is 1. The predicted octanol–water partition coefficient (Wildman–Crippen LogP) is 4.15. The van der Waals surface area contributed by atoms with E-state index in [1.807, 2.05) is 65.1 Å². The Kier molecular flexibility index (Phi) is 5.53. The number of likely N-dealkylation sites (tertiary alicyclic amines) is 1. The average Bonchev–Trinajstić information content (AvgIpc) is 3.41. The van der Waals surface area contributed by atoms with Crippen LogP contribution in [0.25, 0.3) is 10.2 Å². The number of benzene rings is 1.